The van der Waals surface area contributed by atoms with Gasteiger partial charge in [0, 0.05) is 25.2 Å². The number of rotatable bonds is 1. The van der Waals surface area contributed by atoms with Crippen molar-refractivity contribution in [1.82, 2.24) is 9.80 Å². The maximum atomic E-state index is 2.69. The van der Waals surface area contributed by atoms with Crippen LogP contribution >= 0.6 is 0 Å². The van der Waals surface area contributed by atoms with E-state index in [-0.39, 0.29) is 0 Å². The summed E-state index contributed by atoms with van der Waals surface area (Å²) in [6.07, 6.45) is 4.16. The molecule has 2 aliphatic rings. The Bertz CT molecular complexity index is 158. The molecule has 0 aromatic carbocycles. The zero-order valence-electron chi connectivity index (χ0n) is 8.29. The fraction of sp³-hybridized carbons (Fsp3) is 1.00. The number of fused-ring (bicyclic) bond motifs is 1. The van der Waals surface area contributed by atoms with Crippen LogP contribution in [0.3, 0.4) is 0 Å². The van der Waals surface area contributed by atoms with E-state index in [9.17, 15) is 0 Å². The van der Waals surface area contributed by atoms with Crippen molar-refractivity contribution in [3.05, 3.63) is 0 Å². The molecule has 12 heavy (non-hydrogen) atoms. The molecule has 0 bridgehead atoms. The lowest BCUT2D eigenvalue weighted by atomic mass is 10.1. The minimum absolute atomic E-state index is 0.819. The normalized spacial score (nSPS) is 38.5. The van der Waals surface area contributed by atoms with Crippen LogP contribution in [0.4, 0.5) is 0 Å². The molecule has 2 aliphatic heterocycles. The summed E-state index contributed by atoms with van der Waals surface area (Å²) in [4.78, 5) is 5.24. The maximum Gasteiger partial charge on any atom is 0.0224 e. The van der Waals surface area contributed by atoms with E-state index in [1.54, 1.807) is 0 Å². The number of hydrogen-bond acceptors (Lipinski definition) is 2. The third-order valence-electron chi connectivity index (χ3n) is 3.54. The molecule has 0 spiro atoms. The highest BCUT2D eigenvalue weighted by molar-refractivity contribution is 4.90. The number of hydrogen-bond donors (Lipinski definition) is 0. The van der Waals surface area contributed by atoms with Crippen LogP contribution in [0.15, 0.2) is 0 Å². The van der Waals surface area contributed by atoms with E-state index in [2.05, 4.69) is 23.8 Å². The topological polar surface area (TPSA) is 6.48 Å². The molecule has 2 saturated heterocycles. The number of likely N-dealkylation sites (N-methyl/N-ethyl adjacent to an activating group) is 1. The SMILES string of the molecule is CCC1CN2CCCC2CN1C. The minimum atomic E-state index is 0.819. The Morgan fingerprint density at radius 1 is 1.33 bits per heavy atom. The predicted molar refractivity (Wildman–Crippen MR) is 51.3 cm³/mol. The van der Waals surface area contributed by atoms with E-state index in [0.717, 1.165) is 12.1 Å². The van der Waals surface area contributed by atoms with E-state index >= 15 is 0 Å². The van der Waals surface area contributed by atoms with E-state index in [1.807, 2.05) is 0 Å². The van der Waals surface area contributed by atoms with Gasteiger partial charge in [0.25, 0.3) is 0 Å². The van der Waals surface area contributed by atoms with Gasteiger partial charge in [0.15, 0.2) is 0 Å². The quantitative estimate of drug-likeness (QED) is 0.580. The molecule has 2 heterocycles. The Kier molecular flexibility index (Phi) is 2.37. The number of nitrogens with zero attached hydrogens (tertiary/aromatic N) is 2. The molecule has 0 aromatic heterocycles. The van der Waals surface area contributed by atoms with Crippen LogP contribution in [0.1, 0.15) is 26.2 Å². The van der Waals surface area contributed by atoms with Crippen LogP contribution in [-0.2, 0) is 0 Å². The summed E-state index contributed by atoms with van der Waals surface area (Å²) in [6.45, 7) is 6.28. The van der Waals surface area contributed by atoms with Crippen molar-refractivity contribution >= 4 is 0 Å². The van der Waals surface area contributed by atoms with Gasteiger partial charge in [-0.1, -0.05) is 6.92 Å². The van der Waals surface area contributed by atoms with Crippen molar-refractivity contribution in [3.8, 4) is 0 Å². The molecule has 0 aromatic rings. The smallest absolute Gasteiger partial charge is 0.0224 e. The molecular weight excluding hydrogens is 148 g/mol. The summed E-state index contributed by atoms with van der Waals surface area (Å²) in [5, 5.41) is 0. The fourth-order valence-corrected chi connectivity index (χ4v) is 2.67. The van der Waals surface area contributed by atoms with Crippen LogP contribution in [0.5, 0.6) is 0 Å². The molecule has 2 atom stereocenters. The highest BCUT2D eigenvalue weighted by atomic mass is 15.3. The summed E-state index contributed by atoms with van der Waals surface area (Å²) in [5.41, 5.74) is 0. The van der Waals surface area contributed by atoms with Crippen LogP contribution < -0.4 is 0 Å². The van der Waals surface area contributed by atoms with Crippen LogP contribution in [0, 0.1) is 0 Å². The summed E-state index contributed by atoms with van der Waals surface area (Å²) >= 11 is 0. The van der Waals surface area contributed by atoms with Gasteiger partial charge in [-0.15, -0.1) is 0 Å². The molecule has 2 heteroatoms. The minimum Gasteiger partial charge on any atom is -0.301 e. The van der Waals surface area contributed by atoms with E-state index in [1.165, 1.54) is 38.9 Å². The zero-order valence-corrected chi connectivity index (χ0v) is 8.29. The van der Waals surface area contributed by atoms with Crippen LogP contribution in [0.25, 0.3) is 0 Å². The number of piperazine rings is 1. The first-order valence-corrected chi connectivity index (χ1v) is 5.25. The molecule has 0 aliphatic carbocycles. The van der Waals surface area contributed by atoms with Gasteiger partial charge < -0.3 is 4.90 Å². The predicted octanol–water partition coefficient (Wildman–Crippen LogP) is 1.17. The third-order valence-corrected chi connectivity index (χ3v) is 3.54. The Morgan fingerprint density at radius 3 is 2.92 bits per heavy atom. The Balaban J connectivity index is 1.98. The lowest BCUT2D eigenvalue weighted by Crippen LogP contribution is -2.54. The lowest BCUT2D eigenvalue weighted by molar-refractivity contribution is 0.0689. The summed E-state index contributed by atoms with van der Waals surface area (Å²) in [7, 11) is 2.28. The van der Waals surface area contributed by atoms with E-state index in [0.29, 0.717) is 0 Å². The highest BCUT2D eigenvalue weighted by Crippen LogP contribution is 2.24. The first-order valence-electron chi connectivity index (χ1n) is 5.25. The molecule has 2 fully saturated rings. The van der Waals surface area contributed by atoms with Gasteiger partial charge in [0.1, 0.15) is 0 Å². The van der Waals surface area contributed by atoms with Gasteiger partial charge >= 0.3 is 0 Å². The van der Waals surface area contributed by atoms with E-state index in [4.69, 9.17) is 0 Å². The standard InChI is InChI=1S/C10H20N2/c1-3-9-8-12-6-4-5-10(12)7-11(9)2/h9-10H,3-8H2,1-2H3. The van der Waals surface area contributed by atoms with Crippen LogP contribution in [-0.4, -0.2) is 48.6 Å². The second kappa shape index (κ2) is 3.35. The summed E-state index contributed by atoms with van der Waals surface area (Å²) in [6, 6.07) is 1.71. The Morgan fingerprint density at radius 2 is 2.17 bits per heavy atom. The lowest BCUT2D eigenvalue weighted by Gasteiger charge is -2.41. The van der Waals surface area contributed by atoms with E-state index < -0.39 is 0 Å². The second-order valence-corrected chi connectivity index (χ2v) is 4.29. The molecule has 70 valence electrons. The van der Waals surface area contributed by atoms with Gasteiger partial charge in [-0.3, -0.25) is 4.90 Å². The fourth-order valence-electron chi connectivity index (χ4n) is 2.67. The first-order chi connectivity index (χ1) is 5.81. The maximum absolute atomic E-state index is 2.69. The second-order valence-electron chi connectivity index (χ2n) is 4.29. The van der Waals surface area contributed by atoms with Crippen molar-refractivity contribution in [2.45, 2.75) is 38.3 Å². The van der Waals surface area contributed by atoms with Crippen LogP contribution in [0.2, 0.25) is 0 Å². The molecule has 0 N–H and O–H groups in total. The van der Waals surface area contributed by atoms with Crippen molar-refractivity contribution in [2.75, 3.05) is 26.7 Å². The van der Waals surface area contributed by atoms with Gasteiger partial charge in [-0.25, -0.2) is 0 Å². The van der Waals surface area contributed by atoms with Crippen molar-refractivity contribution in [2.24, 2.45) is 0 Å². The molecule has 0 saturated carbocycles. The molecule has 0 radical (unpaired) electrons. The van der Waals surface area contributed by atoms with Gasteiger partial charge in [0.2, 0.25) is 0 Å². The monoisotopic (exact) mass is 168 g/mol. The Labute approximate surface area is 75.5 Å². The van der Waals surface area contributed by atoms with Gasteiger partial charge in [0.05, 0.1) is 0 Å². The molecule has 2 unspecified atom stereocenters. The molecule has 0 amide bonds. The summed E-state index contributed by atoms with van der Waals surface area (Å²) < 4.78 is 0. The van der Waals surface area contributed by atoms with Gasteiger partial charge in [-0.05, 0) is 32.9 Å². The molecular formula is C10H20N2. The molecule has 2 nitrogen and oxygen atoms in total. The highest BCUT2D eigenvalue weighted by Gasteiger charge is 2.33. The van der Waals surface area contributed by atoms with Crippen molar-refractivity contribution < 1.29 is 0 Å². The average Bonchev–Trinajstić information content (AvgIpc) is 2.49. The molecule has 2 rings (SSSR count). The Hall–Kier alpha value is -0.0800. The summed E-state index contributed by atoms with van der Waals surface area (Å²) in [5.74, 6) is 0. The first kappa shape index (κ1) is 8.52. The largest absolute Gasteiger partial charge is 0.301 e. The average molecular weight is 168 g/mol. The third kappa shape index (κ3) is 1.38. The zero-order chi connectivity index (χ0) is 8.55. The van der Waals surface area contributed by atoms with Gasteiger partial charge in [-0.2, -0.15) is 0 Å². The van der Waals surface area contributed by atoms with Crippen molar-refractivity contribution in [3.63, 3.8) is 0 Å². The van der Waals surface area contributed by atoms with Crippen molar-refractivity contribution in [1.29, 1.82) is 0 Å².